The molecule has 4 nitrogen and oxygen atoms in total. The molecule has 146 valence electrons. The van der Waals surface area contributed by atoms with Crippen molar-refractivity contribution in [3.05, 3.63) is 76.6 Å². The molecule has 0 bridgehead atoms. The van der Waals surface area contributed by atoms with Crippen LogP contribution in [0.4, 0.5) is 5.69 Å². The number of rotatable bonds is 9. The second kappa shape index (κ2) is 9.80. The van der Waals surface area contributed by atoms with Gasteiger partial charge in [-0.25, -0.2) is 0 Å². The van der Waals surface area contributed by atoms with Gasteiger partial charge in [0.25, 0.3) is 0 Å². The van der Waals surface area contributed by atoms with Crippen molar-refractivity contribution in [3.8, 4) is 0 Å². The van der Waals surface area contributed by atoms with E-state index in [1.807, 2.05) is 56.4 Å². The van der Waals surface area contributed by atoms with E-state index in [9.17, 15) is 4.79 Å². The van der Waals surface area contributed by atoms with Crippen LogP contribution in [0.25, 0.3) is 0 Å². The van der Waals surface area contributed by atoms with Gasteiger partial charge in [0, 0.05) is 47.5 Å². The number of carbonyl (C=O) groups excluding carboxylic acids is 1. The van der Waals surface area contributed by atoms with Crippen LogP contribution in [0.2, 0.25) is 5.15 Å². The summed E-state index contributed by atoms with van der Waals surface area (Å²) in [6.45, 7) is 2.60. The average Bonchev–Trinajstić information content (AvgIpc) is 2.99. The van der Waals surface area contributed by atoms with Gasteiger partial charge >= 0.3 is 0 Å². The Kier molecular flexibility index (Phi) is 7.18. The van der Waals surface area contributed by atoms with Gasteiger partial charge in [-0.05, 0) is 42.8 Å². The van der Waals surface area contributed by atoms with Crippen molar-refractivity contribution < 1.29 is 4.79 Å². The third-order valence-electron chi connectivity index (χ3n) is 4.42. The summed E-state index contributed by atoms with van der Waals surface area (Å²) in [5, 5.41) is 8.61. The zero-order valence-electron chi connectivity index (χ0n) is 16.1. The van der Waals surface area contributed by atoms with Crippen molar-refractivity contribution in [1.82, 2.24) is 9.78 Å². The summed E-state index contributed by atoms with van der Waals surface area (Å²) < 4.78 is 1.71. The standard InChI is InChI=1S/C22H24ClN3OS/c1-3-7-21(27)16-10-12-17(13-11-16)24-14-19-20(25-26(2)22(19)23)15-28-18-8-5-4-6-9-18/h4-6,8-13,24H,3,7,14-15H2,1-2H3. The number of aryl methyl sites for hydroxylation is 1. The van der Waals surface area contributed by atoms with Crippen LogP contribution < -0.4 is 5.32 Å². The van der Waals surface area contributed by atoms with Gasteiger partial charge < -0.3 is 5.32 Å². The highest BCUT2D eigenvalue weighted by Gasteiger charge is 2.15. The average molecular weight is 414 g/mol. The monoisotopic (exact) mass is 413 g/mol. The molecule has 0 amide bonds. The number of hydrogen-bond donors (Lipinski definition) is 1. The predicted molar refractivity (Wildman–Crippen MR) is 117 cm³/mol. The molecule has 1 heterocycles. The van der Waals surface area contributed by atoms with Gasteiger partial charge in [-0.1, -0.05) is 36.7 Å². The molecule has 28 heavy (non-hydrogen) atoms. The van der Waals surface area contributed by atoms with Crippen LogP contribution in [-0.4, -0.2) is 15.6 Å². The second-order valence-corrected chi connectivity index (χ2v) is 7.95. The Hall–Kier alpha value is -2.24. The summed E-state index contributed by atoms with van der Waals surface area (Å²) >= 11 is 8.21. The van der Waals surface area contributed by atoms with Gasteiger partial charge in [-0.3, -0.25) is 9.48 Å². The van der Waals surface area contributed by atoms with Crippen molar-refractivity contribution in [2.24, 2.45) is 7.05 Å². The Balaban J connectivity index is 1.66. The number of Topliss-reactive ketones (excluding diaryl/α,β-unsaturated/α-hetero) is 1. The first kappa shape index (κ1) is 20.5. The van der Waals surface area contributed by atoms with E-state index < -0.39 is 0 Å². The summed E-state index contributed by atoms with van der Waals surface area (Å²) in [6.07, 6.45) is 1.45. The molecule has 0 radical (unpaired) electrons. The molecular weight excluding hydrogens is 390 g/mol. The SMILES string of the molecule is CCCC(=O)c1ccc(NCc2c(CSc3ccccc3)nn(C)c2Cl)cc1. The van der Waals surface area contributed by atoms with E-state index in [4.69, 9.17) is 11.6 Å². The molecule has 0 aliphatic heterocycles. The lowest BCUT2D eigenvalue weighted by molar-refractivity contribution is 0.0982. The van der Waals surface area contributed by atoms with E-state index in [1.54, 1.807) is 16.4 Å². The second-order valence-electron chi connectivity index (χ2n) is 6.55. The van der Waals surface area contributed by atoms with Crippen LogP contribution >= 0.6 is 23.4 Å². The van der Waals surface area contributed by atoms with Crippen molar-refractivity contribution in [2.75, 3.05) is 5.32 Å². The van der Waals surface area contributed by atoms with Gasteiger partial charge in [0.15, 0.2) is 5.78 Å². The largest absolute Gasteiger partial charge is 0.381 e. The molecule has 1 aromatic heterocycles. The molecule has 0 saturated heterocycles. The lowest BCUT2D eigenvalue weighted by Crippen LogP contribution is -2.03. The quantitative estimate of drug-likeness (QED) is 0.347. The summed E-state index contributed by atoms with van der Waals surface area (Å²) in [4.78, 5) is 13.2. The fourth-order valence-electron chi connectivity index (χ4n) is 2.89. The van der Waals surface area contributed by atoms with Crippen LogP contribution in [0, 0.1) is 0 Å². The zero-order chi connectivity index (χ0) is 19.9. The van der Waals surface area contributed by atoms with Crippen LogP contribution in [0.3, 0.4) is 0 Å². The van der Waals surface area contributed by atoms with E-state index in [2.05, 4.69) is 22.5 Å². The maximum atomic E-state index is 12.0. The fraction of sp³-hybridized carbons (Fsp3) is 0.273. The molecule has 1 N–H and O–H groups in total. The van der Waals surface area contributed by atoms with E-state index in [0.717, 1.165) is 34.7 Å². The fourth-order valence-corrected chi connectivity index (χ4v) is 3.99. The third kappa shape index (κ3) is 5.18. The third-order valence-corrected chi connectivity index (χ3v) is 5.92. The number of thioether (sulfide) groups is 1. The maximum absolute atomic E-state index is 12.0. The minimum Gasteiger partial charge on any atom is -0.381 e. The topological polar surface area (TPSA) is 46.9 Å². The van der Waals surface area contributed by atoms with Gasteiger partial charge in [0.2, 0.25) is 0 Å². The molecule has 0 atom stereocenters. The minimum atomic E-state index is 0.185. The molecule has 0 aliphatic carbocycles. The normalized spacial score (nSPS) is 10.8. The molecule has 0 spiro atoms. The van der Waals surface area contributed by atoms with Crippen LogP contribution in [0.1, 0.15) is 41.4 Å². The Morgan fingerprint density at radius 1 is 1.14 bits per heavy atom. The lowest BCUT2D eigenvalue weighted by atomic mass is 10.1. The smallest absolute Gasteiger partial charge is 0.162 e. The summed E-state index contributed by atoms with van der Waals surface area (Å²) in [6, 6.07) is 17.9. The van der Waals surface area contributed by atoms with Gasteiger partial charge in [0.05, 0.1) is 5.69 Å². The maximum Gasteiger partial charge on any atom is 0.162 e. The number of ketones is 1. The van der Waals surface area contributed by atoms with Crippen LogP contribution in [-0.2, 0) is 19.3 Å². The van der Waals surface area contributed by atoms with Gasteiger partial charge in [0.1, 0.15) is 5.15 Å². The number of benzene rings is 2. The molecule has 0 unspecified atom stereocenters. The molecule has 0 aliphatic rings. The highest BCUT2D eigenvalue weighted by molar-refractivity contribution is 7.98. The number of carbonyl (C=O) groups is 1. The Morgan fingerprint density at radius 3 is 2.54 bits per heavy atom. The number of anilines is 1. The van der Waals surface area contributed by atoms with E-state index in [1.165, 1.54) is 4.90 Å². The van der Waals surface area contributed by atoms with Crippen molar-refractivity contribution in [1.29, 1.82) is 0 Å². The number of nitrogens with zero attached hydrogens (tertiary/aromatic N) is 2. The van der Waals surface area contributed by atoms with Gasteiger partial charge in [-0.15, -0.1) is 11.8 Å². The lowest BCUT2D eigenvalue weighted by Gasteiger charge is -2.08. The molecular formula is C22H24ClN3OS. The molecule has 2 aromatic carbocycles. The van der Waals surface area contributed by atoms with Gasteiger partial charge in [-0.2, -0.15) is 5.10 Å². The molecule has 3 rings (SSSR count). The van der Waals surface area contributed by atoms with Crippen molar-refractivity contribution in [3.63, 3.8) is 0 Å². The van der Waals surface area contributed by atoms with Crippen LogP contribution in [0.15, 0.2) is 59.5 Å². The molecule has 6 heteroatoms. The number of hydrogen-bond acceptors (Lipinski definition) is 4. The predicted octanol–water partition coefficient (Wildman–Crippen LogP) is 5.96. The summed E-state index contributed by atoms with van der Waals surface area (Å²) in [7, 11) is 1.86. The molecule has 0 saturated carbocycles. The highest BCUT2D eigenvalue weighted by atomic mass is 35.5. The highest BCUT2D eigenvalue weighted by Crippen LogP contribution is 2.28. The molecule has 3 aromatic rings. The van der Waals surface area contributed by atoms with Crippen molar-refractivity contribution >= 4 is 34.8 Å². The zero-order valence-corrected chi connectivity index (χ0v) is 17.7. The number of aromatic nitrogens is 2. The van der Waals surface area contributed by atoms with Crippen LogP contribution in [0.5, 0.6) is 0 Å². The summed E-state index contributed by atoms with van der Waals surface area (Å²) in [5.74, 6) is 0.941. The number of halogens is 1. The Morgan fingerprint density at radius 2 is 1.86 bits per heavy atom. The first-order valence-electron chi connectivity index (χ1n) is 9.33. The first-order chi connectivity index (χ1) is 13.6. The Bertz CT molecular complexity index is 923. The molecule has 0 fully saturated rings. The van der Waals surface area contributed by atoms with E-state index >= 15 is 0 Å². The van der Waals surface area contributed by atoms with E-state index in [-0.39, 0.29) is 5.78 Å². The Labute approximate surface area is 175 Å². The minimum absolute atomic E-state index is 0.185. The summed E-state index contributed by atoms with van der Waals surface area (Å²) in [5.41, 5.74) is 3.68. The number of nitrogens with one attached hydrogen (secondary N) is 1. The first-order valence-corrected chi connectivity index (χ1v) is 10.7. The van der Waals surface area contributed by atoms with Crippen molar-refractivity contribution in [2.45, 2.75) is 37.0 Å². The van der Waals surface area contributed by atoms with E-state index in [0.29, 0.717) is 18.1 Å².